The van der Waals surface area contributed by atoms with Crippen LogP contribution < -0.4 is 14.8 Å². The quantitative estimate of drug-likeness (QED) is 0.0545. The smallest absolute Gasteiger partial charge is 0.164 e. The monoisotopic (exact) mass is 986 g/mol. The SMILES string of the molecule is CCc1ccc2cccc3c2c1Cc1c(ccc(O)c1OC)CC(Cc1cc[nH]c1)C(O)C1C(=O)C(Cc2ccc(O)c(OC4CCCC4)c2)(c2cc(O)cc(CNC)c2)C(O)CC1CSSC3CO. The third-order valence-corrected chi connectivity index (χ3v) is 18.2. The summed E-state index contributed by atoms with van der Waals surface area (Å²) in [4.78, 5) is 19.7. The number of phenolic OH excluding ortho intramolecular Hbond substituents is 3. The molecule has 2 aliphatic carbocycles. The minimum Gasteiger partial charge on any atom is -0.508 e. The second kappa shape index (κ2) is 21.7. The van der Waals surface area contributed by atoms with Crippen molar-refractivity contribution in [1.82, 2.24) is 10.3 Å². The third kappa shape index (κ3) is 9.90. The van der Waals surface area contributed by atoms with Crippen LogP contribution in [0.2, 0.25) is 0 Å². The maximum Gasteiger partial charge on any atom is 0.164 e. The van der Waals surface area contributed by atoms with Crippen LogP contribution in [-0.4, -0.2) is 86.2 Å². The van der Waals surface area contributed by atoms with Gasteiger partial charge in [0.1, 0.15) is 5.75 Å². The number of aliphatic hydroxyl groups excluding tert-OH is 3. The van der Waals surface area contributed by atoms with Crippen LogP contribution in [0.1, 0.15) is 94.3 Å². The number of aliphatic hydroxyl groups is 3. The molecule has 3 aliphatic rings. The maximum atomic E-state index is 16.5. The Labute approximate surface area is 418 Å². The number of phenols is 3. The Morgan fingerprint density at radius 1 is 0.900 bits per heavy atom. The lowest BCUT2D eigenvalue weighted by Gasteiger charge is -2.49. The molecule has 0 radical (unpaired) electrons. The van der Waals surface area contributed by atoms with Crippen molar-refractivity contribution in [2.75, 3.05) is 26.5 Å². The van der Waals surface area contributed by atoms with Gasteiger partial charge in [-0.3, -0.25) is 4.79 Å². The number of carbonyl (C=O) groups is 1. The number of aromatic hydroxyl groups is 3. The summed E-state index contributed by atoms with van der Waals surface area (Å²) in [5, 5.41) is 76.4. The summed E-state index contributed by atoms with van der Waals surface area (Å²) >= 11 is 0. The molecule has 0 spiro atoms. The van der Waals surface area contributed by atoms with Crippen molar-refractivity contribution in [3.05, 3.63) is 147 Å². The number of methoxy groups -OCH3 is 1. The van der Waals surface area contributed by atoms with Crippen LogP contribution in [0.15, 0.2) is 97.3 Å². The first kappa shape index (κ1) is 49.8. The fourth-order valence-corrected chi connectivity index (χ4v) is 14.8. The number of rotatable bonds is 12. The summed E-state index contributed by atoms with van der Waals surface area (Å²) in [6.45, 7) is 2.37. The number of aryl methyl sites for hydroxylation is 1. The Balaban J connectivity index is 1.23. The zero-order chi connectivity index (χ0) is 49.1. The minimum absolute atomic E-state index is 0.00308. The maximum absolute atomic E-state index is 16.5. The molecule has 0 amide bonds. The molecule has 70 heavy (non-hydrogen) atoms. The van der Waals surface area contributed by atoms with Gasteiger partial charge in [0, 0.05) is 42.6 Å². The highest BCUT2D eigenvalue weighted by molar-refractivity contribution is 8.76. The molecule has 2 fully saturated rings. The number of ether oxygens (including phenoxy) is 2. The number of nitrogens with one attached hydrogen (secondary N) is 2. The van der Waals surface area contributed by atoms with Crippen molar-refractivity contribution < 1.29 is 44.9 Å². The molecule has 1 aromatic heterocycles. The van der Waals surface area contributed by atoms with Crippen molar-refractivity contribution >= 4 is 38.1 Å². The molecule has 6 aromatic rings. The van der Waals surface area contributed by atoms with Gasteiger partial charge >= 0.3 is 0 Å². The Hall–Kier alpha value is -5.15. The number of carbonyl (C=O) groups excluding carboxylic acids is 1. The Morgan fingerprint density at radius 2 is 1.71 bits per heavy atom. The number of ketones is 1. The van der Waals surface area contributed by atoms with Crippen LogP contribution in [0.5, 0.6) is 28.7 Å². The van der Waals surface area contributed by atoms with Crippen LogP contribution in [0.3, 0.4) is 0 Å². The van der Waals surface area contributed by atoms with Crippen molar-refractivity contribution in [2.45, 2.75) is 107 Å². The van der Waals surface area contributed by atoms with Gasteiger partial charge in [-0.2, -0.15) is 0 Å². The standard InChI is InChI=1S/C57H66N2O9S2/c1-4-36-13-14-37-8-7-11-44-50(31-60)70-69-32-40-25-51(64)57(41-21-35(29-58-2)22-42(61)26-41,28-33-12-16-47(62)49(23-33)68-43-9-5-6-10-43)56(66)53(40)54(65)39(20-34-18-19-59-30-34)24-38-15-17-48(63)55(67-3)46(38)27-45(36)52(37)44/h7-8,11-19,21-23,26,30,39-40,43,50-51,53-54,58-65H,4-6,9-10,20,24-25,27-29,31-32H2,1-3H3. The molecule has 9 rings (SSSR count). The van der Waals surface area contributed by atoms with Gasteiger partial charge in [0.25, 0.3) is 0 Å². The summed E-state index contributed by atoms with van der Waals surface area (Å²) in [5.41, 5.74) is 5.94. The predicted octanol–water partition coefficient (Wildman–Crippen LogP) is 9.42. The van der Waals surface area contributed by atoms with Crippen molar-refractivity contribution in [1.29, 1.82) is 0 Å². The highest BCUT2D eigenvalue weighted by Crippen LogP contribution is 2.52. The lowest BCUT2D eigenvalue weighted by Crippen LogP contribution is -2.61. The topological polar surface area (TPSA) is 185 Å². The number of Topliss-reactive ketones (excluding diaryl/α,β-unsaturated/α-hetero) is 1. The normalized spacial score (nSPS) is 24.4. The molecule has 7 atom stereocenters. The Morgan fingerprint density at radius 3 is 2.46 bits per heavy atom. The molecule has 0 saturated heterocycles. The number of aromatic nitrogens is 1. The molecule has 370 valence electrons. The zero-order valence-electron chi connectivity index (χ0n) is 40.2. The Bertz CT molecular complexity index is 2800. The molecule has 8 N–H and O–H groups in total. The van der Waals surface area contributed by atoms with Gasteiger partial charge in [-0.25, -0.2) is 0 Å². The van der Waals surface area contributed by atoms with E-state index in [0.29, 0.717) is 54.2 Å². The van der Waals surface area contributed by atoms with Gasteiger partial charge in [0.2, 0.25) is 0 Å². The molecule has 1 aliphatic heterocycles. The van der Waals surface area contributed by atoms with Crippen molar-refractivity contribution in [3.8, 4) is 28.7 Å². The largest absolute Gasteiger partial charge is 0.508 e. The van der Waals surface area contributed by atoms with Gasteiger partial charge in [0.05, 0.1) is 42.7 Å². The van der Waals surface area contributed by atoms with Crippen LogP contribution in [0.4, 0.5) is 0 Å². The van der Waals surface area contributed by atoms with E-state index in [-0.39, 0.29) is 53.8 Å². The summed E-state index contributed by atoms with van der Waals surface area (Å²) in [5.74, 6) is -1.41. The van der Waals surface area contributed by atoms with Crippen LogP contribution >= 0.6 is 21.6 Å². The van der Waals surface area contributed by atoms with Gasteiger partial charge in [-0.1, -0.05) is 77.0 Å². The lowest BCUT2D eigenvalue weighted by molar-refractivity contribution is -0.149. The highest BCUT2D eigenvalue weighted by atomic mass is 33.1. The van der Waals surface area contributed by atoms with E-state index in [9.17, 15) is 30.6 Å². The average Bonchev–Trinajstić information content (AvgIpc) is 4.08. The molecule has 2 saturated carbocycles. The molecule has 13 heteroatoms. The first-order valence-electron chi connectivity index (χ1n) is 24.7. The number of hydrogen-bond acceptors (Lipinski definition) is 12. The zero-order valence-corrected chi connectivity index (χ0v) is 41.8. The summed E-state index contributed by atoms with van der Waals surface area (Å²) < 4.78 is 12.4. The third-order valence-electron chi connectivity index (χ3n) is 15.4. The Kier molecular flexibility index (Phi) is 15.4. The number of benzene rings is 5. The summed E-state index contributed by atoms with van der Waals surface area (Å²) in [6, 6.07) is 26.2. The first-order valence-corrected chi connectivity index (χ1v) is 27.1. The number of aromatic amines is 1. The molecule has 7 unspecified atom stereocenters. The lowest BCUT2D eigenvalue weighted by atomic mass is 9.55. The van der Waals surface area contributed by atoms with E-state index in [2.05, 4.69) is 41.5 Å². The molecule has 2 heterocycles. The molecule has 0 bridgehead atoms. The fourth-order valence-electron chi connectivity index (χ4n) is 11.9. The minimum atomic E-state index is -1.65. The van der Waals surface area contributed by atoms with Crippen LogP contribution in [0, 0.1) is 17.8 Å². The summed E-state index contributed by atoms with van der Waals surface area (Å²) in [6.07, 6.45) is 7.11. The van der Waals surface area contributed by atoms with E-state index >= 15 is 4.79 Å². The first-order chi connectivity index (χ1) is 34.0. The average molecular weight is 987 g/mol. The molecule has 5 aromatic carbocycles. The van der Waals surface area contributed by atoms with E-state index in [1.165, 1.54) is 10.8 Å². The van der Waals surface area contributed by atoms with E-state index in [1.807, 2.05) is 36.7 Å². The van der Waals surface area contributed by atoms with Gasteiger partial charge in [-0.05, 0) is 168 Å². The molecule has 11 nitrogen and oxygen atoms in total. The van der Waals surface area contributed by atoms with E-state index in [0.717, 1.165) is 81.8 Å². The number of fused-ring (bicyclic) bond motifs is 2. The molecular weight excluding hydrogens is 921 g/mol. The fraction of sp³-hybridized carbons (Fsp3) is 0.421. The second-order valence-corrected chi connectivity index (χ2v) is 22.3. The van der Waals surface area contributed by atoms with E-state index in [4.69, 9.17) is 9.47 Å². The van der Waals surface area contributed by atoms with E-state index in [1.54, 1.807) is 61.3 Å². The van der Waals surface area contributed by atoms with Crippen molar-refractivity contribution in [2.24, 2.45) is 17.8 Å². The van der Waals surface area contributed by atoms with Gasteiger partial charge < -0.3 is 50.4 Å². The highest BCUT2D eigenvalue weighted by Gasteiger charge is 2.58. The van der Waals surface area contributed by atoms with Gasteiger partial charge in [0.15, 0.2) is 28.8 Å². The predicted molar refractivity (Wildman–Crippen MR) is 278 cm³/mol. The van der Waals surface area contributed by atoms with E-state index < -0.39 is 35.4 Å². The van der Waals surface area contributed by atoms with Gasteiger partial charge in [-0.15, -0.1) is 0 Å². The van der Waals surface area contributed by atoms with Crippen LogP contribution in [-0.2, 0) is 48.9 Å². The number of hydrogen-bond donors (Lipinski definition) is 8. The summed E-state index contributed by atoms with van der Waals surface area (Å²) in [7, 11) is 6.43. The molecular formula is C57H66N2O9S2. The second-order valence-electron chi connectivity index (χ2n) is 19.7. The number of H-pyrrole nitrogens is 1. The van der Waals surface area contributed by atoms with Crippen molar-refractivity contribution in [3.63, 3.8) is 0 Å². The van der Waals surface area contributed by atoms with Crippen LogP contribution in [0.25, 0.3) is 10.8 Å².